The Morgan fingerprint density at radius 3 is 2.19 bits per heavy atom. The summed E-state index contributed by atoms with van der Waals surface area (Å²) in [5, 5.41) is 28.4. The van der Waals surface area contributed by atoms with Crippen LogP contribution in [-0.4, -0.2) is 25.7 Å². The summed E-state index contributed by atoms with van der Waals surface area (Å²) in [5.41, 5.74) is 9.66. The molecule has 1 aliphatic carbocycles. The molecule has 10 heteroatoms. The second-order valence-corrected chi connectivity index (χ2v) is 7.90. The van der Waals surface area contributed by atoms with Gasteiger partial charge in [0, 0.05) is 30.2 Å². The van der Waals surface area contributed by atoms with Gasteiger partial charge in [0.2, 0.25) is 0 Å². The van der Waals surface area contributed by atoms with E-state index in [0.717, 1.165) is 41.7 Å². The smallest absolute Gasteiger partial charge is 0.269 e. The first-order chi connectivity index (χ1) is 14.8. The lowest BCUT2D eigenvalue weighted by Crippen LogP contribution is -2.34. The number of benzene rings is 2. The molecule has 2 aromatic carbocycles. The highest BCUT2D eigenvalue weighted by Gasteiger charge is 2.42. The van der Waals surface area contributed by atoms with Gasteiger partial charge in [-0.05, 0) is 66.4 Å². The highest BCUT2D eigenvalue weighted by atomic mass is 32.1. The summed E-state index contributed by atoms with van der Waals surface area (Å²) in [6.07, 6.45) is 4.64. The Morgan fingerprint density at radius 1 is 1.06 bits per heavy atom. The second kappa shape index (κ2) is 8.23. The van der Waals surface area contributed by atoms with Crippen LogP contribution in [0.5, 0.6) is 0 Å². The maximum Gasteiger partial charge on any atom is 0.269 e. The van der Waals surface area contributed by atoms with Crippen LogP contribution in [0.4, 0.5) is 11.4 Å². The average molecular weight is 437 g/mol. The largest absolute Gasteiger partial charge is 0.375 e. The van der Waals surface area contributed by atoms with Crippen molar-refractivity contribution in [3.8, 4) is 0 Å². The fourth-order valence-corrected chi connectivity index (χ4v) is 4.36. The molecule has 2 atom stereocenters. The van der Waals surface area contributed by atoms with Crippen LogP contribution in [0.3, 0.4) is 0 Å². The second-order valence-electron chi connectivity index (χ2n) is 7.48. The van der Waals surface area contributed by atoms with E-state index in [9.17, 15) is 20.2 Å². The summed E-state index contributed by atoms with van der Waals surface area (Å²) in [7, 11) is 0. The van der Waals surface area contributed by atoms with Crippen LogP contribution >= 0.6 is 12.2 Å². The third-order valence-electron chi connectivity index (χ3n) is 5.62. The fourth-order valence-electron chi connectivity index (χ4n) is 4.20. The van der Waals surface area contributed by atoms with E-state index in [4.69, 9.17) is 23.1 Å². The SMILES string of the molecule is NC(=S)N1N=C2/C(=C\c3ccc([N+](=O)[O-])cc3)CCCC2C1c1ccc([N+](=O)[O-])cc1. The van der Waals surface area contributed by atoms with E-state index in [1.54, 1.807) is 29.3 Å². The van der Waals surface area contributed by atoms with Gasteiger partial charge in [-0.2, -0.15) is 5.10 Å². The number of nitrogens with zero attached hydrogens (tertiary/aromatic N) is 4. The molecule has 1 saturated carbocycles. The van der Waals surface area contributed by atoms with Gasteiger partial charge in [0.05, 0.1) is 21.6 Å². The number of nitro benzene ring substituents is 2. The van der Waals surface area contributed by atoms with Gasteiger partial charge in [-0.3, -0.25) is 20.2 Å². The Balaban J connectivity index is 1.68. The number of rotatable bonds is 4. The minimum Gasteiger partial charge on any atom is -0.375 e. The Kier molecular flexibility index (Phi) is 5.47. The van der Waals surface area contributed by atoms with Crippen LogP contribution in [0.1, 0.15) is 36.4 Å². The topological polar surface area (TPSA) is 128 Å². The molecule has 31 heavy (non-hydrogen) atoms. The van der Waals surface area contributed by atoms with Gasteiger partial charge in [-0.15, -0.1) is 0 Å². The van der Waals surface area contributed by atoms with Crippen molar-refractivity contribution in [2.45, 2.75) is 25.3 Å². The highest BCUT2D eigenvalue weighted by molar-refractivity contribution is 7.80. The van der Waals surface area contributed by atoms with Crippen LogP contribution < -0.4 is 5.73 Å². The summed E-state index contributed by atoms with van der Waals surface area (Å²) in [6.45, 7) is 0. The number of fused-ring (bicyclic) bond motifs is 1. The van der Waals surface area contributed by atoms with Crippen molar-refractivity contribution in [1.82, 2.24) is 5.01 Å². The number of nitrogens with two attached hydrogens (primary N) is 1. The van der Waals surface area contributed by atoms with Crippen molar-refractivity contribution >= 4 is 40.5 Å². The van der Waals surface area contributed by atoms with Gasteiger partial charge in [0.15, 0.2) is 5.11 Å². The molecule has 0 amide bonds. The summed E-state index contributed by atoms with van der Waals surface area (Å²) < 4.78 is 0. The third kappa shape index (κ3) is 4.02. The standard InChI is InChI=1S/C21H19N5O4S/c22-21(31)24-20(14-6-10-17(11-7-14)26(29)30)18-3-1-2-15(19(18)23-24)12-13-4-8-16(9-5-13)25(27)28/h4-12,18,20H,1-3H2,(H2,22,31)/b15-12-. The normalized spacial score (nSPS) is 21.5. The zero-order valence-corrected chi connectivity index (χ0v) is 17.2. The van der Waals surface area contributed by atoms with E-state index < -0.39 is 9.85 Å². The molecule has 0 bridgehead atoms. The van der Waals surface area contributed by atoms with E-state index in [1.165, 1.54) is 24.3 Å². The Bertz CT molecular complexity index is 1110. The number of thiocarbonyl (C=S) groups is 1. The molecule has 0 radical (unpaired) electrons. The van der Waals surface area contributed by atoms with Gasteiger partial charge < -0.3 is 5.73 Å². The zero-order valence-electron chi connectivity index (χ0n) is 16.4. The number of hydrogen-bond donors (Lipinski definition) is 1. The quantitative estimate of drug-likeness (QED) is 0.428. The summed E-state index contributed by atoms with van der Waals surface area (Å²) in [4.78, 5) is 21.0. The molecule has 9 nitrogen and oxygen atoms in total. The lowest BCUT2D eigenvalue weighted by Gasteiger charge is -2.29. The van der Waals surface area contributed by atoms with Gasteiger partial charge in [-0.1, -0.05) is 12.1 Å². The van der Waals surface area contributed by atoms with Crippen molar-refractivity contribution in [2.75, 3.05) is 0 Å². The molecule has 158 valence electrons. The molecule has 0 aromatic heterocycles. The van der Waals surface area contributed by atoms with Gasteiger partial charge in [0.25, 0.3) is 11.4 Å². The molecule has 1 heterocycles. The molecule has 2 aromatic rings. The van der Waals surface area contributed by atoms with Crippen molar-refractivity contribution in [2.24, 2.45) is 16.8 Å². The first-order valence-electron chi connectivity index (χ1n) is 9.72. The fraction of sp³-hybridized carbons (Fsp3) is 0.238. The van der Waals surface area contributed by atoms with Crippen molar-refractivity contribution < 1.29 is 9.85 Å². The molecular formula is C21H19N5O4S. The van der Waals surface area contributed by atoms with Crippen molar-refractivity contribution in [3.05, 3.63) is 85.5 Å². The molecular weight excluding hydrogens is 418 g/mol. The first kappa shape index (κ1) is 20.6. The highest BCUT2D eigenvalue weighted by Crippen LogP contribution is 2.44. The monoisotopic (exact) mass is 437 g/mol. The van der Waals surface area contributed by atoms with Crippen LogP contribution in [-0.2, 0) is 0 Å². The number of hydrazone groups is 1. The predicted molar refractivity (Wildman–Crippen MR) is 120 cm³/mol. The Labute approximate surface area is 183 Å². The van der Waals surface area contributed by atoms with E-state index >= 15 is 0 Å². The minimum atomic E-state index is -0.433. The molecule has 2 N–H and O–H groups in total. The van der Waals surface area contributed by atoms with Gasteiger partial charge in [-0.25, -0.2) is 5.01 Å². The lowest BCUT2D eigenvalue weighted by molar-refractivity contribution is -0.385. The van der Waals surface area contributed by atoms with Crippen LogP contribution in [0.25, 0.3) is 6.08 Å². The number of allylic oxidation sites excluding steroid dienone is 1. The summed E-state index contributed by atoms with van der Waals surface area (Å²) >= 11 is 5.23. The van der Waals surface area contributed by atoms with Crippen LogP contribution in [0.15, 0.2) is 59.2 Å². The summed E-state index contributed by atoms with van der Waals surface area (Å²) in [5.74, 6) is 0.0426. The maximum atomic E-state index is 11.0. The van der Waals surface area contributed by atoms with Crippen molar-refractivity contribution in [1.29, 1.82) is 0 Å². The minimum absolute atomic E-state index is 0.0205. The zero-order chi connectivity index (χ0) is 22.1. The molecule has 2 unspecified atom stereocenters. The van der Waals surface area contributed by atoms with Crippen LogP contribution in [0, 0.1) is 26.1 Å². The first-order valence-corrected chi connectivity index (χ1v) is 10.1. The average Bonchev–Trinajstić information content (AvgIpc) is 3.15. The lowest BCUT2D eigenvalue weighted by atomic mass is 9.77. The summed E-state index contributed by atoms with van der Waals surface area (Å²) in [6, 6.07) is 12.5. The third-order valence-corrected chi connectivity index (χ3v) is 5.80. The number of nitro groups is 2. The predicted octanol–water partition coefficient (Wildman–Crippen LogP) is 4.34. The molecule has 1 fully saturated rings. The van der Waals surface area contributed by atoms with Crippen LogP contribution in [0.2, 0.25) is 0 Å². The van der Waals surface area contributed by atoms with Gasteiger partial charge >= 0.3 is 0 Å². The van der Waals surface area contributed by atoms with Gasteiger partial charge in [0.1, 0.15) is 0 Å². The maximum absolute atomic E-state index is 11.0. The molecule has 0 spiro atoms. The molecule has 1 aliphatic heterocycles. The van der Waals surface area contributed by atoms with E-state index in [-0.39, 0.29) is 28.4 Å². The molecule has 0 saturated heterocycles. The molecule has 2 aliphatic rings. The van der Waals surface area contributed by atoms with E-state index in [2.05, 4.69) is 0 Å². The van der Waals surface area contributed by atoms with Crippen molar-refractivity contribution in [3.63, 3.8) is 0 Å². The Morgan fingerprint density at radius 2 is 1.65 bits per heavy atom. The Hall–Kier alpha value is -3.66. The van der Waals surface area contributed by atoms with E-state index in [0.29, 0.717) is 0 Å². The number of non-ortho nitro benzene ring substituents is 2. The number of hydrogen-bond acceptors (Lipinski definition) is 6. The van der Waals surface area contributed by atoms with E-state index in [1.807, 2.05) is 6.08 Å². The molecule has 4 rings (SSSR count).